The average molecular weight is 235 g/mol. The predicted octanol–water partition coefficient (Wildman–Crippen LogP) is 0.463. The van der Waals surface area contributed by atoms with Crippen LogP contribution in [0.1, 0.15) is 0 Å². The van der Waals surface area contributed by atoms with E-state index in [2.05, 4.69) is 15.4 Å². The van der Waals surface area contributed by atoms with Crippen molar-refractivity contribution in [3.8, 4) is 5.88 Å². The first-order valence-electron chi connectivity index (χ1n) is 3.84. The molecule has 0 aromatic carbocycles. The fourth-order valence-corrected chi connectivity index (χ4v) is 0.743. The smallest absolute Gasteiger partial charge is 0.288 e. The van der Waals surface area contributed by atoms with E-state index in [1.54, 1.807) is 0 Å². The minimum atomic E-state index is -2.12. The second kappa shape index (κ2) is 5.30. The number of aromatic nitrogens is 2. The number of amides is 1. The van der Waals surface area contributed by atoms with Crippen LogP contribution in [0.3, 0.4) is 0 Å². The molecule has 1 aromatic heterocycles. The van der Waals surface area contributed by atoms with E-state index >= 15 is 0 Å². The molecule has 0 radical (unpaired) electrons. The van der Waals surface area contributed by atoms with Crippen LogP contribution in [0, 0.1) is 0 Å². The third-order valence-electron chi connectivity index (χ3n) is 1.33. The number of nitrogens with zero attached hydrogens (tertiary/aromatic N) is 2. The Morgan fingerprint density at radius 2 is 2.47 bits per heavy atom. The van der Waals surface area contributed by atoms with E-state index in [1.807, 2.05) is 5.43 Å². The van der Waals surface area contributed by atoms with Gasteiger partial charge in [-0.25, -0.2) is 9.37 Å². The van der Waals surface area contributed by atoms with Gasteiger partial charge in [-0.15, -0.1) is 0 Å². The zero-order valence-electron chi connectivity index (χ0n) is 7.70. The molecule has 1 rings (SSSR count). The van der Waals surface area contributed by atoms with Crippen LogP contribution in [0.5, 0.6) is 5.88 Å². The molecule has 1 aromatic rings. The lowest BCUT2D eigenvalue weighted by molar-refractivity contribution is -0.122. The Morgan fingerprint density at radius 1 is 1.73 bits per heavy atom. The van der Waals surface area contributed by atoms with Gasteiger partial charge >= 0.3 is 0 Å². The van der Waals surface area contributed by atoms with Crippen molar-refractivity contribution < 1.29 is 13.9 Å². The number of halogens is 2. The Labute approximate surface area is 89.8 Å². The maximum absolute atomic E-state index is 12.2. The maximum atomic E-state index is 12.2. The summed E-state index contributed by atoms with van der Waals surface area (Å²) >= 11 is 4.87. The number of rotatable bonds is 4. The van der Waals surface area contributed by atoms with E-state index in [4.69, 9.17) is 16.3 Å². The highest BCUT2D eigenvalue weighted by atomic mass is 35.5. The van der Waals surface area contributed by atoms with Crippen molar-refractivity contribution in [2.45, 2.75) is 5.63 Å². The fraction of sp³-hybridized carbons (Fsp3) is 0.286. The van der Waals surface area contributed by atoms with Crippen molar-refractivity contribution in [2.75, 3.05) is 12.5 Å². The summed E-state index contributed by atoms with van der Waals surface area (Å²) in [6.45, 7) is 0. The molecule has 0 aliphatic carbocycles. The Bertz CT molecular complexity index is 350. The van der Waals surface area contributed by atoms with Gasteiger partial charge in [-0.2, -0.15) is 4.98 Å². The molecule has 0 fully saturated rings. The molecule has 0 saturated heterocycles. The van der Waals surface area contributed by atoms with E-state index in [-0.39, 0.29) is 5.95 Å². The van der Waals surface area contributed by atoms with Gasteiger partial charge in [-0.1, -0.05) is 11.6 Å². The summed E-state index contributed by atoms with van der Waals surface area (Å²) in [6, 6.07) is 1.52. The zero-order chi connectivity index (χ0) is 11.3. The number of carbonyl (C=O) groups excluding carboxylic acids is 1. The molecule has 0 aliphatic rings. The molecule has 1 heterocycles. The van der Waals surface area contributed by atoms with Gasteiger partial charge in [0.05, 0.1) is 7.11 Å². The number of methoxy groups -OCH3 is 1. The lowest BCUT2D eigenvalue weighted by Crippen LogP contribution is -2.34. The second-order valence-electron chi connectivity index (χ2n) is 2.34. The number of alkyl halides is 2. The van der Waals surface area contributed by atoms with Crippen LogP contribution in [0.25, 0.3) is 0 Å². The molecule has 0 bridgehead atoms. The molecule has 1 unspecified atom stereocenters. The third kappa shape index (κ3) is 3.55. The molecular formula is C7H8ClFN4O2. The summed E-state index contributed by atoms with van der Waals surface area (Å²) < 4.78 is 17.0. The summed E-state index contributed by atoms with van der Waals surface area (Å²) in [5.74, 6) is -0.646. The lowest BCUT2D eigenvalue weighted by Gasteiger charge is -2.06. The first-order chi connectivity index (χ1) is 7.13. The summed E-state index contributed by atoms with van der Waals surface area (Å²) in [4.78, 5) is 18.2. The van der Waals surface area contributed by atoms with E-state index in [9.17, 15) is 9.18 Å². The standard InChI is InChI=1S/C7H8ClFN4O2/c1-15-4-2-3-10-7(11-4)13-12-6(14)5(8)9/h2-3,5H,1H3,(H,12,14)(H,10,11,13). The van der Waals surface area contributed by atoms with Gasteiger partial charge in [0.15, 0.2) is 0 Å². The number of anilines is 1. The van der Waals surface area contributed by atoms with Gasteiger partial charge in [-0.3, -0.25) is 15.6 Å². The van der Waals surface area contributed by atoms with Crippen molar-refractivity contribution in [1.29, 1.82) is 0 Å². The molecule has 0 saturated carbocycles. The zero-order valence-corrected chi connectivity index (χ0v) is 8.45. The van der Waals surface area contributed by atoms with Crippen molar-refractivity contribution >= 4 is 23.5 Å². The first-order valence-corrected chi connectivity index (χ1v) is 4.28. The molecule has 0 spiro atoms. The van der Waals surface area contributed by atoms with E-state index in [1.165, 1.54) is 19.4 Å². The molecule has 1 amide bonds. The maximum Gasteiger partial charge on any atom is 0.288 e. The molecule has 6 nitrogen and oxygen atoms in total. The summed E-state index contributed by atoms with van der Waals surface area (Å²) in [6.07, 6.45) is 1.41. The highest BCUT2D eigenvalue weighted by Gasteiger charge is 2.12. The number of ether oxygens (including phenoxy) is 1. The van der Waals surface area contributed by atoms with Gasteiger partial charge in [-0.05, 0) is 0 Å². The largest absolute Gasteiger partial charge is 0.481 e. The van der Waals surface area contributed by atoms with E-state index in [0.717, 1.165) is 0 Å². The van der Waals surface area contributed by atoms with Crippen molar-refractivity contribution in [1.82, 2.24) is 15.4 Å². The minimum Gasteiger partial charge on any atom is -0.481 e. The lowest BCUT2D eigenvalue weighted by atomic mass is 10.6. The number of hydrazine groups is 1. The number of hydrogen-bond acceptors (Lipinski definition) is 5. The van der Waals surface area contributed by atoms with E-state index < -0.39 is 11.5 Å². The molecule has 82 valence electrons. The van der Waals surface area contributed by atoms with Crippen LogP contribution in [-0.2, 0) is 4.79 Å². The van der Waals surface area contributed by atoms with Crippen LogP contribution < -0.4 is 15.6 Å². The Morgan fingerprint density at radius 3 is 3.07 bits per heavy atom. The van der Waals surface area contributed by atoms with Gasteiger partial charge < -0.3 is 4.74 Å². The summed E-state index contributed by atoms with van der Waals surface area (Å²) in [5.41, 5.74) is 2.13. The first kappa shape index (κ1) is 11.4. The Balaban J connectivity index is 2.54. The van der Waals surface area contributed by atoms with Gasteiger partial charge in [0.25, 0.3) is 11.5 Å². The molecule has 2 N–H and O–H groups in total. The third-order valence-corrected chi connectivity index (χ3v) is 1.53. The van der Waals surface area contributed by atoms with Crippen LogP contribution >= 0.6 is 11.6 Å². The highest BCUT2D eigenvalue weighted by molar-refractivity contribution is 6.29. The van der Waals surface area contributed by atoms with Crippen molar-refractivity contribution in [3.63, 3.8) is 0 Å². The average Bonchev–Trinajstić information content (AvgIpc) is 2.26. The summed E-state index contributed by atoms with van der Waals surface area (Å²) in [7, 11) is 1.43. The predicted molar refractivity (Wildman–Crippen MR) is 51.1 cm³/mol. The van der Waals surface area contributed by atoms with Gasteiger partial charge in [0.1, 0.15) is 0 Å². The van der Waals surface area contributed by atoms with Gasteiger partial charge in [0.2, 0.25) is 11.8 Å². The summed E-state index contributed by atoms with van der Waals surface area (Å²) in [5, 5.41) is 0. The monoisotopic (exact) mass is 234 g/mol. The van der Waals surface area contributed by atoms with Crippen LogP contribution in [-0.4, -0.2) is 28.6 Å². The van der Waals surface area contributed by atoms with Crippen LogP contribution in [0.2, 0.25) is 0 Å². The normalized spacial score (nSPS) is 11.7. The molecule has 15 heavy (non-hydrogen) atoms. The Hall–Kier alpha value is -1.63. The number of nitrogens with one attached hydrogen (secondary N) is 2. The van der Waals surface area contributed by atoms with Crippen LogP contribution in [0.4, 0.5) is 10.3 Å². The SMILES string of the molecule is COc1ccnc(NNC(=O)C(F)Cl)n1. The topological polar surface area (TPSA) is 76.1 Å². The van der Waals surface area contributed by atoms with Crippen LogP contribution in [0.15, 0.2) is 12.3 Å². The molecule has 1 atom stereocenters. The van der Waals surface area contributed by atoms with Crippen molar-refractivity contribution in [2.24, 2.45) is 0 Å². The van der Waals surface area contributed by atoms with E-state index in [0.29, 0.717) is 5.88 Å². The Kier molecular flexibility index (Phi) is 4.04. The molecular weight excluding hydrogens is 227 g/mol. The number of carbonyl (C=O) groups is 1. The van der Waals surface area contributed by atoms with Gasteiger partial charge in [0, 0.05) is 12.3 Å². The quantitative estimate of drug-likeness (QED) is 0.585. The fourth-order valence-electron chi connectivity index (χ4n) is 0.688. The minimum absolute atomic E-state index is 0.0695. The molecule has 8 heteroatoms. The molecule has 0 aliphatic heterocycles. The number of hydrogen-bond donors (Lipinski definition) is 2. The highest BCUT2D eigenvalue weighted by Crippen LogP contribution is 2.06. The van der Waals surface area contributed by atoms with Crippen molar-refractivity contribution in [3.05, 3.63) is 12.3 Å². The second-order valence-corrected chi connectivity index (χ2v) is 2.72.